The molecule has 5 heterocycles. The third kappa shape index (κ3) is 12.3. The standard InChI is InChI=1S/C52H52F4N10O15/c1-3-51(79)29-14-34-44-27(21-65(34)49(77)28(29)22-80-50(51)78)43-31(10-9-26-24(2)30(53)15-32(63-44)42(26)43)64-48(76)45(52(54,55)56)81-23-61-37(68)18-59-46(74)33(13-25-7-5-4-6-8-25)62-38(69)19-58-36(67)17-60-47(75)35(16-57-20-41(72)73)66-39(70)11-12-40(66)71/h4-8,11-12,14-15,31,33,35,45,57,79H,3,9-10,13,16-23H2,1-2H3,(H,58,67)(H,59,74)(H,60,75)(H,61,68)(H,62,69)(H,64,76)(H,72,73)/t31-,33-,35-,45-,51-/m0/s1. The topological polar surface area (TPSA) is 352 Å². The molecule has 2 aromatic heterocycles. The van der Waals surface area contributed by atoms with Crippen LogP contribution in [0.1, 0.15) is 64.8 Å². The van der Waals surface area contributed by atoms with Crippen LogP contribution in [0.25, 0.3) is 22.3 Å². The number of hydrogen-bond donors (Lipinski definition) is 9. The molecule has 0 saturated heterocycles. The number of hydrogen-bond acceptors (Lipinski definition) is 16. The van der Waals surface area contributed by atoms with E-state index in [1.165, 1.54) is 24.5 Å². The number of cyclic esters (lactones) is 1. The predicted molar refractivity (Wildman–Crippen MR) is 269 cm³/mol. The molecule has 29 heteroatoms. The zero-order chi connectivity index (χ0) is 58.7. The number of aliphatic carboxylic acids is 1. The number of pyridine rings is 2. The Bertz CT molecular complexity index is 3370. The summed E-state index contributed by atoms with van der Waals surface area (Å²) < 4.78 is 70.8. The molecular formula is C52H52F4N10O15. The van der Waals surface area contributed by atoms with Crippen LogP contribution < -0.4 is 42.8 Å². The summed E-state index contributed by atoms with van der Waals surface area (Å²) in [4.78, 5) is 146. The number of ether oxygens (including phenoxy) is 2. The first-order valence-electron chi connectivity index (χ1n) is 25.1. The van der Waals surface area contributed by atoms with Gasteiger partial charge in [-0.25, -0.2) is 14.2 Å². The molecule has 428 valence electrons. The number of carbonyl (C=O) groups is 10. The molecule has 0 fully saturated rings. The minimum Gasteiger partial charge on any atom is -0.480 e. The molecule has 0 saturated carbocycles. The van der Waals surface area contributed by atoms with Gasteiger partial charge in [0.15, 0.2) is 5.60 Å². The van der Waals surface area contributed by atoms with E-state index in [9.17, 15) is 71.0 Å². The molecule has 0 unspecified atom stereocenters. The summed E-state index contributed by atoms with van der Waals surface area (Å²) >= 11 is 0. The molecule has 1 aliphatic carbocycles. The normalized spacial score (nSPS) is 17.9. The van der Waals surface area contributed by atoms with Gasteiger partial charge in [-0.2, -0.15) is 13.2 Å². The Morgan fingerprint density at radius 2 is 1.53 bits per heavy atom. The van der Waals surface area contributed by atoms with Gasteiger partial charge in [-0.1, -0.05) is 37.3 Å². The Morgan fingerprint density at radius 1 is 0.864 bits per heavy atom. The highest BCUT2D eigenvalue weighted by molar-refractivity contribution is 6.15. The van der Waals surface area contributed by atoms with Gasteiger partial charge in [0.1, 0.15) is 31.2 Å². The Morgan fingerprint density at radius 3 is 2.20 bits per heavy atom. The lowest BCUT2D eigenvalue weighted by molar-refractivity contribution is -0.220. The highest BCUT2D eigenvalue weighted by Gasteiger charge is 2.49. The van der Waals surface area contributed by atoms with E-state index < -0.39 is 153 Å². The van der Waals surface area contributed by atoms with Crippen LogP contribution in [-0.2, 0) is 89.0 Å². The minimum atomic E-state index is -5.36. The molecule has 0 bridgehead atoms. The second-order valence-corrected chi connectivity index (χ2v) is 19.2. The summed E-state index contributed by atoms with van der Waals surface area (Å²) in [5.74, 6) is -11.3. The summed E-state index contributed by atoms with van der Waals surface area (Å²) in [7, 11) is 0. The van der Waals surface area contributed by atoms with Gasteiger partial charge in [0, 0.05) is 47.7 Å². The summed E-state index contributed by atoms with van der Waals surface area (Å²) in [6.07, 6.45) is -7.03. The van der Waals surface area contributed by atoms with Crippen LogP contribution in [0.5, 0.6) is 0 Å². The van der Waals surface area contributed by atoms with E-state index in [0.29, 0.717) is 27.0 Å². The average molecular weight is 1130 g/mol. The monoisotopic (exact) mass is 1130 g/mol. The first kappa shape index (κ1) is 58.2. The second-order valence-electron chi connectivity index (χ2n) is 19.2. The van der Waals surface area contributed by atoms with Gasteiger partial charge in [-0.05, 0) is 54.5 Å². The maximum Gasteiger partial charge on any atom is 0.423 e. The van der Waals surface area contributed by atoms with Crippen LogP contribution in [0.15, 0.2) is 59.4 Å². The van der Waals surface area contributed by atoms with E-state index in [1.54, 1.807) is 30.3 Å². The molecule has 2 aromatic carbocycles. The fourth-order valence-corrected chi connectivity index (χ4v) is 9.99. The number of fused-ring (bicyclic) bond motifs is 5. The van der Waals surface area contributed by atoms with Gasteiger partial charge in [-0.3, -0.25) is 52.8 Å². The lowest BCUT2D eigenvalue weighted by Gasteiger charge is -2.31. The molecule has 3 aliphatic heterocycles. The van der Waals surface area contributed by atoms with E-state index in [1.807, 2.05) is 5.32 Å². The lowest BCUT2D eigenvalue weighted by Crippen LogP contribution is -2.56. The van der Waals surface area contributed by atoms with Gasteiger partial charge >= 0.3 is 18.1 Å². The van der Waals surface area contributed by atoms with Crippen molar-refractivity contribution in [3.05, 3.63) is 110 Å². The summed E-state index contributed by atoms with van der Waals surface area (Å²) in [6.45, 7) is -2.34. The highest BCUT2D eigenvalue weighted by atomic mass is 19.4. The molecule has 0 radical (unpaired) electrons. The molecule has 4 aliphatic rings. The number of aromatic nitrogens is 2. The smallest absolute Gasteiger partial charge is 0.423 e. The Labute approximate surface area is 455 Å². The van der Waals surface area contributed by atoms with Crippen LogP contribution in [0.2, 0.25) is 0 Å². The molecule has 9 N–H and O–H groups in total. The molecule has 8 amide bonds. The molecular weight excluding hydrogens is 1080 g/mol. The van der Waals surface area contributed by atoms with E-state index in [-0.39, 0.29) is 71.4 Å². The highest BCUT2D eigenvalue weighted by Crippen LogP contribution is 2.46. The van der Waals surface area contributed by atoms with Gasteiger partial charge in [0.2, 0.25) is 35.6 Å². The quantitative estimate of drug-likeness (QED) is 0.0168. The number of esters is 1. The van der Waals surface area contributed by atoms with Gasteiger partial charge in [0.25, 0.3) is 23.3 Å². The number of imide groups is 1. The molecule has 0 spiro atoms. The number of aliphatic hydroxyl groups is 1. The Kier molecular flexibility index (Phi) is 17.1. The average Bonchev–Trinajstić information content (AvgIpc) is 2.31. The maximum absolute atomic E-state index is 15.4. The number of benzene rings is 2. The van der Waals surface area contributed by atoms with Gasteiger partial charge in [0.05, 0.1) is 61.2 Å². The Balaban J connectivity index is 0.885. The number of halogens is 4. The zero-order valence-electron chi connectivity index (χ0n) is 43.0. The van der Waals surface area contributed by atoms with Crippen molar-refractivity contribution in [1.82, 2.24) is 51.7 Å². The largest absolute Gasteiger partial charge is 0.480 e. The summed E-state index contributed by atoms with van der Waals surface area (Å²) in [5, 5.41) is 36.5. The fourth-order valence-electron chi connectivity index (χ4n) is 9.99. The zero-order valence-corrected chi connectivity index (χ0v) is 43.0. The van der Waals surface area contributed by atoms with Crippen molar-refractivity contribution in [3.8, 4) is 11.4 Å². The Hall–Kier alpha value is -8.96. The first-order valence-corrected chi connectivity index (χ1v) is 25.1. The number of aryl methyl sites for hydroxylation is 1. The number of amides is 8. The minimum absolute atomic E-state index is 0.000968. The van der Waals surface area contributed by atoms with Crippen LogP contribution in [0.3, 0.4) is 0 Å². The fraction of sp³-hybridized carbons (Fsp3) is 0.385. The maximum atomic E-state index is 15.4. The van der Waals surface area contributed by atoms with Gasteiger partial charge in [-0.15, -0.1) is 0 Å². The van der Waals surface area contributed by atoms with Crippen molar-refractivity contribution in [1.29, 1.82) is 0 Å². The van der Waals surface area contributed by atoms with E-state index in [2.05, 4.69) is 31.9 Å². The number of carbonyl (C=O) groups excluding carboxylic acids is 9. The van der Waals surface area contributed by atoms with Crippen LogP contribution in [0, 0.1) is 12.7 Å². The number of carboxylic acids is 1. The summed E-state index contributed by atoms with van der Waals surface area (Å²) in [6, 6.07) is 6.52. The SMILES string of the molecule is CC[C@@]1(O)C(=O)OCc2c1cc1n(c2=O)Cc2c-1nc1cc(F)c(C)c3c1c2[C@@H](NC(=O)[C@H](OCNC(=O)CNC(=O)[C@H](Cc1ccccc1)NC(=O)CNC(=O)CNC(=O)[C@H](CNCC(=O)O)N1C(=O)C=CC1=O)C(F)(F)F)CC3. The van der Waals surface area contributed by atoms with Crippen LogP contribution in [0.4, 0.5) is 17.6 Å². The number of alkyl halides is 3. The number of carboxylic acid groups (broad SMARTS) is 1. The first-order chi connectivity index (χ1) is 38.4. The third-order valence-corrected chi connectivity index (χ3v) is 14.0. The lowest BCUT2D eigenvalue weighted by atomic mass is 9.81. The van der Waals surface area contributed by atoms with E-state index >= 15 is 4.39 Å². The van der Waals surface area contributed by atoms with Crippen molar-refractivity contribution in [2.45, 2.75) is 88.7 Å². The van der Waals surface area contributed by atoms with Crippen molar-refractivity contribution < 1.29 is 85.2 Å². The van der Waals surface area contributed by atoms with Crippen LogP contribution >= 0.6 is 0 Å². The molecule has 81 heavy (non-hydrogen) atoms. The van der Waals surface area contributed by atoms with E-state index in [4.69, 9.17) is 19.6 Å². The van der Waals surface area contributed by atoms with E-state index in [0.717, 1.165) is 18.2 Å². The number of rotatable bonds is 22. The number of nitrogens with one attached hydrogen (secondary N) is 7. The third-order valence-electron chi connectivity index (χ3n) is 14.0. The van der Waals surface area contributed by atoms with Gasteiger partial charge < -0.3 is 61.5 Å². The van der Waals surface area contributed by atoms with Crippen molar-refractivity contribution in [2.75, 3.05) is 39.5 Å². The molecule has 4 aromatic rings. The molecule has 8 rings (SSSR count). The molecule has 25 nitrogen and oxygen atoms in total. The second kappa shape index (κ2) is 23.8. The van der Waals surface area contributed by atoms with Crippen molar-refractivity contribution >= 4 is 70.1 Å². The molecule has 5 atom stereocenters. The predicted octanol–water partition coefficient (Wildman–Crippen LogP) is -1.30. The van der Waals surface area contributed by atoms with Crippen molar-refractivity contribution in [2.24, 2.45) is 0 Å². The summed E-state index contributed by atoms with van der Waals surface area (Å²) in [5.41, 5.74) is -0.720. The van der Waals surface area contributed by atoms with Crippen molar-refractivity contribution in [3.63, 3.8) is 0 Å². The number of nitrogens with zero attached hydrogens (tertiary/aromatic N) is 3. The van der Waals surface area contributed by atoms with Crippen LogP contribution in [-0.4, -0.2) is 148 Å².